The second-order valence-electron chi connectivity index (χ2n) is 7.15. The van der Waals surface area contributed by atoms with Crippen LogP contribution in [-0.2, 0) is 10.5 Å². The number of thioether (sulfide) groups is 1. The molecule has 0 fully saturated rings. The lowest BCUT2D eigenvalue weighted by atomic mass is 10.0. The molecule has 2 amide bonds. The Morgan fingerprint density at radius 1 is 0.818 bits per heavy atom. The highest BCUT2D eigenvalue weighted by molar-refractivity contribution is 7.99. The number of hydrogen-bond acceptors (Lipinski definition) is 5. The van der Waals surface area contributed by atoms with Gasteiger partial charge in [-0.05, 0) is 17.7 Å². The van der Waals surface area contributed by atoms with Gasteiger partial charge >= 0.3 is 0 Å². The van der Waals surface area contributed by atoms with Crippen molar-refractivity contribution >= 4 is 29.4 Å². The Labute approximate surface area is 197 Å². The van der Waals surface area contributed by atoms with Gasteiger partial charge in [0.1, 0.15) is 11.8 Å². The molecule has 7 heteroatoms. The van der Waals surface area contributed by atoms with Crippen LogP contribution < -0.4 is 10.6 Å². The quantitative estimate of drug-likeness (QED) is 0.358. The first-order chi connectivity index (χ1) is 16.1. The lowest BCUT2D eigenvalue weighted by Crippen LogP contribution is -2.41. The Kier molecular flexibility index (Phi) is 8.80. The minimum Gasteiger partial charge on any atom is -0.350 e. The van der Waals surface area contributed by atoms with Crippen LogP contribution >= 0.6 is 11.8 Å². The van der Waals surface area contributed by atoms with Gasteiger partial charge in [0.05, 0.1) is 6.07 Å². The average Bonchev–Trinajstić information content (AvgIpc) is 2.87. The fraction of sp³-hybridized carbons (Fsp3) is 0.154. The molecule has 0 aliphatic rings. The number of amides is 2. The second kappa shape index (κ2) is 12.2. The molecule has 2 N–H and O–H groups in total. The molecule has 1 atom stereocenters. The zero-order valence-corrected chi connectivity index (χ0v) is 18.7. The first-order valence-electron chi connectivity index (χ1n) is 10.4. The third-order valence-electron chi connectivity index (χ3n) is 4.80. The van der Waals surface area contributed by atoms with Crippen molar-refractivity contribution in [3.8, 4) is 6.07 Å². The van der Waals surface area contributed by atoms with Crippen LogP contribution in [0.3, 0.4) is 0 Å². The molecule has 33 heavy (non-hydrogen) atoms. The summed E-state index contributed by atoms with van der Waals surface area (Å²) in [5.41, 5.74) is 2.34. The van der Waals surface area contributed by atoms with Crippen LogP contribution in [-0.4, -0.2) is 35.9 Å². The lowest BCUT2D eigenvalue weighted by Gasteiger charge is -2.17. The van der Waals surface area contributed by atoms with E-state index in [1.165, 1.54) is 11.8 Å². The van der Waals surface area contributed by atoms with Crippen LogP contribution in [0.15, 0.2) is 84.9 Å². The summed E-state index contributed by atoms with van der Waals surface area (Å²) in [6, 6.07) is 26.9. The Morgan fingerprint density at radius 2 is 1.45 bits per heavy atom. The van der Waals surface area contributed by atoms with Gasteiger partial charge in [0.2, 0.25) is 5.91 Å². The van der Waals surface area contributed by atoms with Crippen LogP contribution in [0.25, 0.3) is 0 Å². The van der Waals surface area contributed by atoms with Crippen molar-refractivity contribution in [3.05, 3.63) is 107 Å². The van der Waals surface area contributed by atoms with E-state index >= 15 is 0 Å². The highest BCUT2D eigenvalue weighted by Crippen LogP contribution is 2.18. The monoisotopic (exact) mass is 457 g/mol. The summed E-state index contributed by atoms with van der Waals surface area (Å²) in [7, 11) is 0. The first-order valence-corrected chi connectivity index (χ1v) is 11.4. The van der Waals surface area contributed by atoms with E-state index in [-0.39, 0.29) is 30.7 Å². The summed E-state index contributed by atoms with van der Waals surface area (Å²) in [4.78, 5) is 37.9. The van der Waals surface area contributed by atoms with E-state index in [2.05, 4.69) is 10.6 Å². The van der Waals surface area contributed by atoms with E-state index in [1.807, 2.05) is 42.5 Å². The van der Waals surface area contributed by atoms with Crippen molar-refractivity contribution in [1.82, 2.24) is 10.6 Å². The topological polar surface area (TPSA) is 99.1 Å². The third kappa shape index (κ3) is 7.06. The van der Waals surface area contributed by atoms with Crippen LogP contribution in [0, 0.1) is 11.3 Å². The average molecular weight is 458 g/mol. The second-order valence-corrected chi connectivity index (χ2v) is 8.34. The van der Waals surface area contributed by atoms with Gasteiger partial charge in [-0.15, -0.1) is 11.8 Å². The molecule has 3 aromatic rings. The molecule has 0 saturated carbocycles. The number of carbonyl (C=O) groups is 3. The van der Waals surface area contributed by atoms with E-state index in [4.69, 9.17) is 5.26 Å². The number of hydrogen-bond donors (Lipinski definition) is 2. The van der Waals surface area contributed by atoms with Gasteiger partial charge in [-0.1, -0.05) is 72.8 Å². The number of nitriles is 1. The van der Waals surface area contributed by atoms with E-state index in [9.17, 15) is 14.4 Å². The van der Waals surface area contributed by atoms with Crippen molar-refractivity contribution in [2.45, 2.75) is 11.0 Å². The smallest absolute Gasteiger partial charge is 0.251 e. The molecule has 3 rings (SSSR count). The predicted molar refractivity (Wildman–Crippen MR) is 129 cm³/mol. The fourth-order valence-corrected chi connectivity index (χ4v) is 4.11. The van der Waals surface area contributed by atoms with Crippen molar-refractivity contribution in [3.63, 3.8) is 0 Å². The molecule has 0 radical (unpaired) electrons. The first kappa shape index (κ1) is 23.8. The zero-order valence-electron chi connectivity index (χ0n) is 17.9. The SMILES string of the molecule is N#CCNC(=O)C(CNC(=O)c1cccc(C(=O)c2ccccc2)c1)SCc1ccccc1. The van der Waals surface area contributed by atoms with Gasteiger partial charge in [-0.25, -0.2) is 0 Å². The Morgan fingerprint density at radius 3 is 2.15 bits per heavy atom. The summed E-state index contributed by atoms with van der Waals surface area (Å²) >= 11 is 1.39. The normalized spacial score (nSPS) is 11.1. The maximum Gasteiger partial charge on any atom is 0.251 e. The van der Waals surface area contributed by atoms with Gasteiger partial charge < -0.3 is 10.6 Å². The molecule has 3 aromatic carbocycles. The number of ketones is 1. The minimum absolute atomic E-state index is 0.0878. The molecule has 0 aromatic heterocycles. The van der Waals surface area contributed by atoms with Gasteiger partial charge in [0.15, 0.2) is 5.78 Å². The number of benzene rings is 3. The molecule has 6 nitrogen and oxygen atoms in total. The maximum absolute atomic E-state index is 12.8. The van der Waals surface area contributed by atoms with Gasteiger partial charge in [-0.2, -0.15) is 5.26 Å². The number of carbonyl (C=O) groups excluding carboxylic acids is 3. The molecule has 0 bridgehead atoms. The molecule has 0 heterocycles. The highest BCUT2D eigenvalue weighted by Gasteiger charge is 2.20. The van der Waals surface area contributed by atoms with Crippen molar-refractivity contribution in [2.24, 2.45) is 0 Å². The van der Waals surface area contributed by atoms with Crippen LogP contribution in [0.1, 0.15) is 31.8 Å². The number of nitrogens with one attached hydrogen (secondary N) is 2. The highest BCUT2D eigenvalue weighted by atomic mass is 32.2. The number of rotatable bonds is 10. The summed E-state index contributed by atoms with van der Waals surface area (Å²) in [5.74, 6) is -0.276. The Hall–Kier alpha value is -3.89. The molecule has 0 aliphatic heterocycles. The van der Waals surface area contributed by atoms with Crippen LogP contribution in [0.2, 0.25) is 0 Å². The number of nitrogens with zero attached hydrogens (tertiary/aromatic N) is 1. The summed E-state index contributed by atoms with van der Waals surface area (Å²) < 4.78 is 0. The standard InChI is InChI=1S/C26H23N3O3S/c27-14-15-28-26(32)23(33-18-19-8-3-1-4-9-19)17-29-25(31)22-13-7-12-21(16-22)24(30)20-10-5-2-6-11-20/h1-13,16,23H,15,17-18H2,(H,28,32)(H,29,31). The van der Waals surface area contributed by atoms with Gasteiger partial charge in [0, 0.05) is 29.0 Å². The van der Waals surface area contributed by atoms with Crippen molar-refractivity contribution in [1.29, 1.82) is 5.26 Å². The van der Waals surface area contributed by atoms with E-state index < -0.39 is 5.25 Å². The molecule has 0 aliphatic carbocycles. The Bertz CT molecular complexity index is 1140. The summed E-state index contributed by atoms with van der Waals surface area (Å²) in [6.07, 6.45) is 0. The molecule has 0 saturated heterocycles. The Balaban J connectivity index is 1.65. The largest absolute Gasteiger partial charge is 0.350 e. The minimum atomic E-state index is -0.573. The van der Waals surface area contributed by atoms with E-state index in [0.29, 0.717) is 22.4 Å². The summed E-state index contributed by atoms with van der Waals surface area (Å²) in [5, 5.41) is 13.5. The fourth-order valence-electron chi connectivity index (χ4n) is 3.08. The molecular weight excluding hydrogens is 434 g/mol. The molecular formula is C26H23N3O3S. The van der Waals surface area contributed by atoms with Crippen molar-refractivity contribution < 1.29 is 14.4 Å². The van der Waals surface area contributed by atoms with E-state index in [1.54, 1.807) is 48.5 Å². The van der Waals surface area contributed by atoms with Crippen LogP contribution in [0.5, 0.6) is 0 Å². The molecule has 1 unspecified atom stereocenters. The molecule has 166 valence electrons. The van der Waals surface area contributed by atoms with Crippen molar-refractivity contribution in [2.75, 3.05) is 13.1 Å². The van der Waals surface area contributed by atoms with Gasteiger partial charge in [0.25, 0.3) is 5.91 Å². The van der Waals surface area contributed by atoms with Crippen LogP contribution in [0.4, 0.5) is 0 Å². The zero-order chi connectivity index (χ0) is 23.5. The summed E-state index contributed by atoms with van der Waals surface area (Å²) in [6.45, 7) is -0.0106. The lowest BCUT2D eigenvalue weighted by molar-refractivity contribution is -0.120. The molecule has 0 spiro atoms. The third-order valence-corrected chi connectivity index (χ3v) is 6.08. The van der Waals surface area contributed by atoms with E-state index in [0.717, 1.165) is 5.56 Å². The van der Waals surface area contributed by atoms with Gasteiger partial charge in [-0.3, -0.25) is 14.4 Å². The maximum atomic E-state index is 12.8. The predicted octanol–water partition coefficient (Wildman–Crippen LogP) is 3.59.